The zero-order valence-electron chi connectivity index (χ0n) is 19.9. The van der Waals surface area contributed by atoms with E-state index in [0.717, 1.165) is 16.7 Å². The number of aryl methyl sites for hydroxylation is 2. The molecule has 0 bridgehead atoms. The molecule has 0 radical (unpaired) electrons. The second-order valence-electron chi connectivity index (χ2n) is 9.15. The largest absolute Gasteiger partial charge is 0.507 e. The number of anilines is 1. The summed E-state index contributed by atoms with van der Waals surface area (Å²) in [6, 6.07) is 21.3. The van der Waals surface area contributed by atoms with Crippen molar-refractivity contribution in [2.24, 2.45) is 5.92 Å². The highest BCUT2D eigenvalue weighted by Gasteiger charge is 2.47. The Balaban J connectivity index is 1.82. The van der Waals surface area contributed by atoms with Crippen molar-refractivity contribution in [2.45, 2.75) is 33.7 Å². The average molecular weight is 456 g/mol. The van der Waals surface area contributed by atoms with Gasteiger partial charge < -0.3 is 9.84 Å². The molecule has 1 aliphatic rings. The Hall–Kier alpha value is -3.86. The van der Waals surface area contributed by atoms with Gasteiger partial charge in [-0.25, -0.2) is 0 Å². The number of aliphatic hydroxyl groups excluding tert-OH is 1. The normalized spacial score (nSPS) is 17.4. The highest BCUT2D eigenvalue weighted by molar-refractivity contribution is 6.51. The molecule has 1 amide bonds. The lowest BCUT2D eigenvalue weighted by atomic mass is 9.94. The zero-order chi connectivity index (χ0) is 24.4. The van der Waals surface area contributed by atoms with Gasteiger partial charge in [0.2, 0.25) is 0 Å². The first-order valence-corrected chi connectivity index (χ1v) is 11.4. The van der Waals surface area contributed by atoms with E-state index in [4.69, 9.17) is 4.74 Å². The molecule has 0 spiro atoms. The summed E-state index contributed by atoms with van der Waals surface area (Å²) in [7, 11) is 0. The molecule has 0 aromatic heterocycles. The topological polar surface area (TPSA) is 66.8 Å². The minimum atomic E-state index is -0.747. The van der Waals surface area contributed by atoms with E-state index in [9.17, 15) is 14.7 Å². The van der Waals surface area contributed by atoms with E-state index in [-0.39, 0.29) is 11.3 Å². The van der Waals surface area contributed by atoms with Gasteiger partial charge in [0.25, 0.3) is 11.7 Å². The number of carbonyl (C=O) groups excluding carboxylic acids is 2. The van der Waals surface area contributed by atoms with Crippen LogP contribution in [0.3, 0.4) is 0 Å². The highest BCUT2D eigenvalue weighted by atomic mass is 16.5. The predicted octanol–water partition coefficient (Wildman–Crippen LogP) is 5.96. The molecule has 1 aliphatic heterocycles. The van der Waals surface area contributed by atoms with Crippen LogP contribution < -0.4 is 9.64 Å². The highest BCUT2D eigenvalue weighted by Crippen LogP contribution is 2.42. The van der Waals surface area contributed by atoms with Gasteiger partial charge >= 0.3 is 0 Å². The summed E-state index contributed by atoms with van der Waals surface area (Å²) in [5, 5.41) is 11.2. The van der Waals surface area contributed by atoms with Crippen molar-refractivity contribution in [2.75, 3.05) is 11.5 Å². The van der Waals surface area contributed by atoms with E-state index in [1.165, 1.54) is 4.90 Å². The molecule has 34 heavy (non-hydrogen) atoms. The summed E-state index contributed by atoms with van der Waals surface area (Å²) < 4.78 is 5.77. The van der Waals surface area contributed by atoms with E-state index in [1.54, 1.807) is 36.4 Å². The maximum Gasteiger partial charge on any atom is 0.300 e. The smallest absolute Gasteiger partial charge is 0.300 e. The number of carbonyl (C=O) groups is 2. The average Bonchev–Trinajstić information content (AvgIpc) is 3.08. The lowest BCUT2D eigenvalue weighted by molar-refractivity contribution is -0.132. The van der Waals surface area contributed by atoms with Crippen LogP contribution in [0.25, 0.3) is 5.76 Å². The lowest BCUT2D eigenvalue weighted by Crippen LogP contribution is -2.29. The summed E-state index contributed by atoms with van der Waals surface area (Å²) in [5.74, 6) is -0.466. The lowest BCUT2D eigenvalue weighted by Gasteiger charge is -2.26. The van der Waals surface area contributed by atoms with Crippen LogP contribution in [-0.2, 0) is 9.59 Å². The Morgan fingerprint density at radius 3 is 2.24 bits per heavy atom. The van der Waals surface area contributed by atoms with Crippen molar-refractivity contribution < 1.29 is 19.4 Å². The number of benzene rings is 3. The van der Waals surface area contributed by atoms with Crippen LogP contribution in [0.15, 0.2) is 78.4 Å². The molecule has 1 fully saturated rings. The molecule has 5 heteroatoms. The third-order valence-electron chi connectivity index (χ3n) is 5.83. The predicted molar refractivity (Wildman–Crippen MR) is 134 cm³/mol. The zero-order valence-corrected chi connectivity index (χ0v) is 19.9. The van der Waals surface area contributed by atoms with E-state index in [2.05, 4.69) is 13.8 Å². The molecule has 1 atom stereocenters. The molecule has 1 heterocycles. The number of Topliss-reactive ketones (excluding diaryl/α,β-unsaturated/α-hetero) is 1. The van der Waals surface area contributed by atoms with Crippen molar-refractivity contribution in [1.82, 2.24) is 0 Å². The molecule has 0 saturated carbocycles. The van der Waals surface area contributed by atoms with Crippen LogP contribution in [0.5, 0.6) is 5.75 Å². The van der Waals surface area contributed by atoms with Crippen LogP contribution in [0.2, 0.25) is 0 Å². The third-order valence-corrected chi connectivity index (χ3v) is 5.83. The summed E-state index contributed by atoms with van der Waals surface area (Å²) in [6.07, 6.45) is 0. The first-order valence-electron chi connectivity index (χ1n) is 11.4. The van der Waals surface area contributed by atoms with E-state index in [1.807, 2.05) is 50.2 Å². The maximum atomic E-state index is 13.3. The first kappa shape index (κ1) is 23.3. The Morgan fingerprint density at radius 1 is 0.941 bits per heavy atom. The van der Waals surface area contributed by atoms with Crippen molar-refractivity contribution in [1.29, 1.82) is 0 Å². The van der Waals surface area contributed by atoms with Crippen LogP contribution in [-0.4, -0.2) is 23.4 Å². The fraction of sp³-hybridized carbons (Fsp3) is 0.241. The molecule has 1 saturated heterocycles. The van der Waals surface area contributed by atoms with Crippen LogP contribution in [0.4, 0.5) is 5.69 Å². The van der Waals surface area contributed by atoms with Crippen molar-refractivity contribution in [3.05, 3.63) is 101 Å². The van der Waals surface area contributed by atoms with Crippen molar-refractivity contribution >= 4 is 23.1 Å². The Kier molecular flexibility index (Phi) is 6.55. The van der Waals surface area contributed by atoms with Crippen molar-refractivity contribution in [3.63, 3.8) is 0 Å². The number of ether oxygens (including phenoxy) is 1. The Bertz CT molecular complexity index is 1240. The molecule has 5 nitrogen and oxygen atoms in total. The van der Waals surface area contributed by atoms with Crippen molar-refractivity contribution in [3.8, 4) is 5.75 Å². The first-order chi connectivity index (χ1) is 16.3. The second-order valence-corrected chi connectivity index (χ2v) is 9.15. The van der Waals surface area contributed by atoms with E-state index >= 15 is 0 Å². The molecular formula is C29H29NO4. The fourth-order valence-corrected chi connectivity index (χ4v) is 4.09. The third kappa shape index (κ3) is 4.60. The SMILES string of the molecule is Cc1ccc(/C(O)=C2/C(=O)C(=O)N(c3ccc(OCC(C)C)cc3)C2c2cccc(C)c2)cc1. The fourth-order valence-electron chi connectivity index (χ4n) is 4.09. The number of nitrogens with zero attached hydrogens (tertiary/aromatic N) is 1. The van der Waals surface area contributed by atoms with Gasteiger partial charge in [0.15, 0.2) is 0 Å². The summed E-state index contributed by atoms with van der Waals surface area (Å²) in [4.78, 5) is 28.0. The molecule has 1 N–H and O–H groups in total. The quantitative estimate of drug-likeness (QED) is 0.283. The van der Waals surface area contributed by atoms with Gasteiger partial charge in [0.05, 0.1) is 18.2 Å². The van der Waals surface area contributed by atoms with E-state index < -0.39 is 17.7 Å². The van der Waals surface area contributed by atoms with Gasteiger partial charge in [0.1, 0.15) is 11.5 Å². The summed E-state index contributed by atoms with van der Waals surface area (Å²) in [6.45, 7) is 8.64. The molecule has 1 unspecified atom stereocenters. The van der Waals surface area contributed by atoms with Crippen LogP contribution in [0, 0.1) is 19.8 Å². The number of hydrogen-bond donors (Lipinski definition) is 1. The van der Waals surface area contributed by atoms with Gasteiger partial charge in [-0.05, 0) is 49.6 Å². The van der Waals surface area contributed by atoms with Gasteiger partial charge in [-0.3, -0.25) is 14.5 Å². The molecule has 4 rings (SSSR count). The number of hydrogen-bond acceptors (Lipinski definition) is 4. The van der Waals surface area contributed by atoms with Gasteiger partial charge in [-0.2, -0.15) is 0 Å². The number of rotatable bonds is 6. The minimum Gasteiger partial charge on any atom is -0.507 e. The maximum absolute atomic E-state index is 13.3. The van der Waals surface area contributed by atoms with Crippen LogP contribution in [0.1, 0.15) is 42.1 Å². The molecule has 3 aromatic carbocycles. The second kappa shape index (κ2) is 9.56. The number of amides is 1. The summed E-state index contributed by atoms with van der Waals surface area (Å²) in [5.41, 5.74) is 3.93. The summed E-state index contributed by atoms with van der Waals surface area (Å²) >= 11 is 0. The monoisotopic (exact) mass is 455 g/mol. The standard InChI is InChI=1S/C29H29NO4/c1-18(2)17-34-24-14-12-23(13-15-24)30-26(22-7-5-6-20(4)16-22)25(28(32)29(30)33)27(31)21-10-8-19(3)9-11-21/h5-16,18,26,31H,17H2,1-4H3/b27-25-. The minimum absolute atomic E-state index is 0.0830. The number of ketones is 1. The van der Waals surface area contributed by atoms with E-state index in [0.29, 0.717) is 29.5 Å². The molecular weight excluding hydrogens is 426 g/mol. The molecule has 0 aliphatic carbocycles. The van der Waals surface area contributed by atoms with Gasteiger partial charge in [-0.15, -0.1) is 0 Å². The Morgan fingerprint density at radius 2 is 1.62 bits per heavy atom. The van der Waals surface area contributed by atoms with Crippen LogP contribution >= 0.6 is 0 Å². The molecule has 174 valence electrons. The van der Waals surface area contributed by atoms with Gasteiger partial charge in [-0.1, -0.05) is 73.5 Å². The van der Waals surface area contributed by atoms with Gasteiger partial charge in [0, 0.05) is 11.3 Å². The molecule has 3 aromatic rings. The Labute approximate surface area is 200 Å². The number of aliphatic hydroxyl groups is 1.